The van der Waals surface area contributed by atoms with E-state index in [0.29, 0.717) is 44.7 Å². The molecule has 0 bridgehead atoms. The highest BCUT2D eigenvalue weighted by Gasteiger charge is 2.39. The zero-order valence-electron chi connectivity index (χ0n) is 18.1. The summed E-state index contributed by atoms with van der Waals surface area (Å²) in [4.78, 5) is 25.1. The molecule has 0 radical (unpaired) electrons. The van der Waals surface area contributed by atoms with E-state index in [1.54, 1.807) is 0 Å². The SMILES string of the molecule is CCc1nn(CCCOC(=O)c2ccc(F)cc2Cl)c2c1C(=O)NCC1(CCOCC1)C2. The first-order chi connectivity index (χ1) is 15.4. The van der Waals surface area contributed by atoms with Crippen molar-refractivity contribution in [2.45, 2.75) is 45.6 Å². The molecule has 3 heterocycles. The fraction of sp³-hybridized carbons (Fsp3) is 0.522. The third-order valence-corrected chi connectivity index (χ3v) is 6.62. The maximum absolute atomic E-state index is 13.2. The Morgan fingerprint density at radius 1 is 1.38 bits per heavy atom. The quantitative estimate of drug-likeness (QED) is 0.523. The Bertz CT molecular complexity index is 1020. The number of esters is 1. The fourth-order valence-electron chi connectivity index (χ4n) is 4.47. The van der Waals surface area contributed by atoms with E-state index in [2.05, 4.69) is 5.32 Å². The van der Waals surface area contributed by atoms with E-state index in [4.69, 9.17) is 26.2 Å². The molecular formula is C23H27ClFN3O4. The van der Waals surface area contributed by atoms with Crippen LogP contribution in [0.2, 0.25) is 5.02 Å². The molecule has 1 aromatic heterocycles. The van der Waals surface area contributed by atoms with Crippen LogP contribution in [0.1, 0.15) is 58.3 Å². The number of rotatable bonds is 6. The number of ether oxygens (including phenoxy) is 2. The van der Waals surface area contributed by atoms with Crippen LogP contribution < -0.4 is 5.32 Å². The predicted octanol–water partition coefficient (Wildman–Crippen LogP) is 3.57. The second-order valence-electron chi connectivity index (χ2n) is 8.43. The smallest absolute Gasteiger partial charge is 0.339 e. The van der Waals surface area contributed by atoms with Crippen molar-refractivity contribution in [3.05, 3.63) is 51.6 Å². The maximum Gasteiger partial charge on any atom is 0.339 e. The number of nitrogens with zero attached hydrogens (tertiary/aromatic N) is 2. The minimum absolute atomic E-state index is 0.0201. The standard InChI is InChI=1S/C23H27ClFN3O4/c1-2-18-20-19(13-23(14-26-21(20)29)6-10-31-11-7-23)28(27-18)8-3-9-32-22(30)16-5-4-15(25)12-17(16)24/h4-5,12H,2-3,6-11,13-14H2,1H3,(H,26,29). The largest absolute Gasteiger partial charge is 0.462 e. The minimum Gasteiger partial charge on any atom is -0.462 e. The molecule has 2 aliphatic heterocycles. The van der Waals surface area contributed by atoms with Gasteiger partial charge in [-0.2, -0.15) is 5.10 Å². The third-order valence-electron chi connectivity index (χ3n) is 6.31. The van der Waals surface area contributed by atoms with Crippen LogP contribution in [0.3, 0.4) is 0 Å². The van der Waals surface area contributed by atoms with Gasteiger partial charge in [0, 0.05) is 32.7 Å². The van der Waals surface area contributed by atoms with E-state index in [9.17, 15) is 14.0 Å². The van der Waals surface area contributed by atoms with Gasteiger partial charge in [0.15, 0.2) is 0 Å². The van der Waals surface area contributed by atoms with Crippen molar-refractivity contribution >= 4 is 23.5 Å². The van der Waals surface area contributed by atoms with Crippen molar-refractivity contribution in [3.63, 3.8) is 0 Å². The number of hydrogen-bond acceptors (Lipinski definition) is 5. The summed E-state index contributed by atoms with van der Waals surface area (Å²) >= 11 is 5.93. The fourth-order valence-corrected chi connectivity index (χ4v) is 4.71. The molecule has 2 aliphatic rings. The molecule has 1 fully saturated rings. The van der Waals surface area contributed by atoms with E-state index in [-0.39, 0.29) is 28.5 Å². The molecule has 0 saturated carbocycles. The van der Waals surface area contributed by atoms with Crippen LogP contribution in [-0.2, 0) is 28.9 Å². The highest BCUT2D eigenvalue weighted by molar-refractivity contribution is 6.33. The monoisotopic (exact) mass is 463 g/mol. The number of carbonyl (C=O) groups excluding carboxylic acids is 2. The summed E-state index contributed by atoms with van der Waals surface area (Å²) in [6.45, 7) is 4.71. The first-order valence-corrected chi connectivity index (χ1v) is 11.4. The van der Waals surface area contributed by atoms with Gasteiger partial charge in [0.25, 0.3) is 5.91 Å². The van der Waals surface area contributed by atoms with Gasteiger partial charge in [-0.1, -0.05) is 18.5 Å². The first kappa shape index (κ1) is 22.7. The van der Waals surface area contributed by atoms with E-state index in [1.807, 2.05) is 11.6 Å². The number of nitrogens with one attached hydrogen (secondary N) is 1. The maximum atomic E-state index is 13.2. The van der Waals surface area contributed by atoms with Gasteiger partial charge in [-0.25, -0.2) is 9.18 Å². The van der Waals surface area contributed by atoms with Crippen molar-refractivity contribution < 1.29 is 23.5 Å². The third kappa shape index (κ3) is 4.66. The Morgan fingerprint density at radius 2 is 2.16 bits per heavy atom. The molecule has 1 saturated heterocycles. The van der Waals surface area contributed by atoms with E-state index in [0.717, 1.165) is 36.7 Å². The van der Waals surface area contributed by atoms with Gasteiger partial charge < -0.3 is 14.8 Å². The molecule has 1 N–H and O–H groups in total. The number of fused-ring (bicyclic) bond motifs is 1. The summed E-state index contributed by atoms with van der Waals surface area (Å²) in [7, 11) is 0. The Balaban J connectivity index is 1.45. The summed E-state index contributed by atoms with van der Waals surface area (Å²) < 4.78 is 25.9. The lowest BCUT2D eigenvalue weighted by atomic mass is 9.76. The number of halogens is 2. The van der Waals surface area contributed by atoms with Crippen LogP contribution in [0.4, 0.5) is 4.39 Å². The second kappa shape index (κ2) is 9.58. The molecule has 9 heteroatoms. The average Bonchev–Trinajstić information content (AvgIpc) is 3.05. The van der Waals surface area contributed by atoms with Crippen molar-refractivity contribution in [1.82, 2.24) is 15.1 Å². The molecule has 7 nitrogen and oxygen atoms in total. The van der Waals surface area contributed by atoms with Crippen LogP contribution in [-0.4, -0.2) is 48.0 Å². The zero-order valence-corrected chi connectivity index (χ0v) is 18.8. The van der Waals surface area contributed by atoms with E-state index < -0.39 is 11.8 Å². The topological polar surface area (TPSA) is 82.5 Å². The van der Waals surface area contributed by atoms with Crippen LogP contribution in [0.5, 0.6) is 0 Å². The predicted molar refractivity (Wildman–Crippen MR) is 116 cm³/mol. The average molecular weight is 464 g/mol. The molecule has 4 rings (SSSR count). The number of benzene rings is 1. The lowest BCUT2D eigenvalue weighted by molar-refractivity contribution is 0.0152. The Labute approximate surface area is 191 Å². The van der Waals surface area contributed by atoms with Crippen LogP contribution >= 0.6 is 11.6 Å². The molecule has 172 valence electrons. The van der Waals surface area contributed by atoms with Crippen LogP contribution in [0.15, 0.2) is 18.2 Å². The molecule has 32 heavy (non-hydrogen) atoms. The Kier molecular flexibility index (Phi) is 6.81. The number of aryl methyl sites for hydroxylation is 2. The summed E-state index contributed by atoms with van der Waals surface area (Å²) in [6.07, 6.45) is 3.75. The van der Waals surface area contributed by atoms with Gasteiger partial charge in [-0.15, -0.1) is 0 Å². The molecule has 0 unspecified atom stereocenters. The van der Waals surface area contributed by atoms with E-state index in [1.165, 1.54) is 12.1 Å². The highest BCUT2D eigenvalue weighted by Crippen LogP contribution is 2.37. The highest BCUT2D eigenvalue weighted by atomic mass is 35.5. The molecule has 2 aromatic rings. The summed E-state index contributed by atoms with van der Waals surface area (Å²) in [5, 5.41) is 7.82. The lowest BCUT2D eigenvalue weighted by Gasteiger charge is -2.36. The van der Waals surface area contributed by atoms with Gasteiger partial charge in [0.05, 0.1) is 34.1 Å². The van der Waals surface area contributed by atoms with Crippen molar-refractivity contribution in [2.24, 2.45) is 5.41 Å². The Morgan fingerprint density at radius 3 is 2.88 bits per heavy atom. The first-order valence-electron chi connectivity index (χ1n) is 11.0. The van der Waals surface area contributed by atoms with Crippen molar-refractivity contribution in [2.75, 3.05) is 26.4 Å². The molecule has 0 atom stereocenters. The van der Waals surface area contributed by atoms with Gasteiger partial charge in [-0.05, 0) is 49.3 Å². The number of aromatic nitrogens is 2. The molecule has 1 aromatic carbocycles. The summed E-state index contributed by atoms with van der Waals surface area (Å²) in [5.74, 6) is -1.17. The second-order valence-corrected chi connectivity index (χ2v) is 8.84. The van der Waals surface area contributed by atoms with E-state index >= 15 is 0 Å². The zero-order chi connectivity index (χ0) is 22.7. The van der Waals surface area contributed by atoms with Crippen molar-refractivity contribution in [1.29, 1.82) is 0 Å². The van der Waals surface area contributed by atoms with Crippen molar-refractivity contribution in [3.8, 4) is 0 Å². The van der Waals surface area contributed by atoms with Crippen LogP contribution in [0, 0.1) is 11.2 Å². The minimum atomic E-state index is -0.593. The van der Waals surface area contributed by atoms with Gasteiger partial charge in [-0.3, -0.25) is 9.48 Å². The number of amides is 1. The number of hydrogen-bond donors (Lipinski definition) is 1. The lowest BCUT2D eigenvalue weighted by Crippen LogP contribution is -2.40. The van der Waals surface area contributed by atoms with Gasteiger partial charge in [0.2, 0.25) is 0 Å². The Hall–Kier alpha value is -2.45. The molecule has 1 amide bonds. The van der Waals surface area contributed by atoms with Crippen LogP contribution in [0.25, 0.3) is 0 Å². The molecule has 1 spiro atoms. The van der Waals surface area contributed by atoms with Gasteiger partial charge >= 0.3 is 5.97 Å². The molecule has 0 aliphatic carbocycles. The molecular weight excluding hydrogens is 437 g/mol. The summed E-state index contributed by atoms with van der Waals surface area (Å²) in [6, 6.07) is 3.57. The normalized spacial score (nSPS) is 17.5. The van der Waals surface area contributed by atoms with Gasteiger partial charge in [0.1, 0.15) is 5.82 Å². The summed E-state index contributed by atoms with van der Waals surface area (Å²) in [5.41, 5.74) is 2.54. The number of carbonyl (C=O) groups is 2.